The molecular formula is C20H17Br2N3O4S. The summed E-state index contributed by atoms with van der Waals surface area (Å²) in [7, 11) is 0. The van der Waals surface area contributed by atoms with Gasteiger partial charge in [0.1, 0.15) is 0 Å². The number of carbonyl (C=O) groups is 2. The first-order chi connectivity index (χ1) is 14.4. The fourth-order valence-electron chi connectivity index (χ4n) is 2.55. The third kappa shape index (κ3) is 5.44. The van der Waals surface area contributed by atoms with Crippen LogP contribution in [0.4, 0.5) is 5.69 Å². The van der Waals surface area contributed by atoms with Crippen molar-refractivity contribution in [3.8, 4) is 11.5 Å². The van der Waals surface area contributed by atoms with Crippen molar-refractivity contribution in [2.24, 2.45) is 0 Å². The highest BCUT2D eigenvalue weighted by atomic mass is 79.9. The van der Waals surface area contributed by atoms with Crippen molar-refractivity contribution in [3.05, 3.63) is 55.8 Å². The molecule has 1 aliphatic heterocycles. The maximum atomic E-state index is 12.2. The van der Waals surface area contributed by atoms with Crippen LogP contribution < -0.4 is 20.1 Å². The maximum absolute atomic E-state index is 12.2. The molecule has 0 aliphatic carbocycles. The smallest absolute Gasteiger partial charge is 0.264 e. The van der Waals surface area contributed by atoms with Crippen molar-refractivity contribution in [1.82, 2.24) is 5.32 Å². The van der Waals surface area contributed by atoms with Crippen LogP contribution in [0.1, 0.15) is 12.5 Å². The molecule has 2 aromatic carbocycles. The molecule has 30 heavy (non-hydrogen) atoms. The van der Waals surface area contributed by atoms with Crippen molar-refractivity contribution >= 4 is 72.4 Å². The Kier molecular flexibility index (Phi) is 7.57. The normalized spacial score (nSPS) is 14.6. The van der Waals surface area contributed by atoms with Crippen LogP contribution in [0.25, 0.3) is 6.08 Å². The first kappa shape index (κ1) is 22.4. The Morgan fingerprint density at radius 2 is 1.97 bits per heavy atom. The standard InChI is InChI=1S/C20H17Br2N3O4S/c1-2-28-13-8-11(9-14-19(27)25-20(23)30-14)16(21)17(22)18(13)29-10-15(26)24-12-6-4-3-5-7-12/h3-9H,2,10H2,1H3,(H,24,26)(H2,23,25,27). The molecule has 0 spiro atoms. The largest absolute Gasteiger partial charge is 0.490 e. The van der Waals surface area contributed by atoms with E-state index in [9.17, 15) is 9.59 Å². The Labute approximate surface area is 194 Å². The lowest BCUT2D eigenvalue weighted by atomic mass is 10.2. The van der Waals surface area contributed by atoms with Gasteiger partial charge in [0, 0.05) is 10.2 Å². The van der Waals surface area contributed by atoms with Crippen LogP contribution in [0, 0.1) is 5.41 Å². The van der Waals surface area contributed by atoms with Gasteiger partial charge in [0.25, 0.3) is 11.8 Å². The lowest BCUT2D eigenvalue weighted by molar-refractivity contribution is -0.118. The van der Waals surface area contributed by atoms with Gasteiger partial charge in [0.15, 0.2) is 23.3 Å². The molecule has 156 valence electrons. The first-order valence-electron chi connectivity index (χ1n) is 8.81. The highest BCUT2D eigenvalue weighted by Gasteiger charge is 2.24. The number of nitrogens with one attached hydrogen (secondary N) is 3. The van der Waals surface area contributed by atoms with Crippen LogP contribution in [-0.4, -0.2) is 30.2 Å². The molecule has 3 rings (SSSR count). The molecule has 2 amide bonds. The third-order valence-corrected chi connectivity index (χ3v) is 6.78. The summed E-state index contributed by atoms with van der Waals surface area (Å²) in [6, 6.07) is 10.8. The van der Waals surface area contributed by atoms with E-state index in [1.807, 2.05) is 25.1 Å². The maximum Gasteiger partial charge on any atom is 0.264 e. The molecule has 0 atom stereocenters. The SMILES string of the molecule is CCOc1cc(C=C2SC(=N)NC2=O)c(Br)c(Br)c1OCC(=O)Nc1ccccc1. The zero-order chi connectivity index (χ0) is 21.7. The molecule has 7 nitrogen and oxygen atoms in total. The summed E-state index contributed by atoms with van der Waals surface area (Å²) < 4.78 is 12.6. The van der Waals surface area contributed by atoms with Crippen molar-refractivity contribution in [3.63, 3.8) is 0 Å². The molecule has 1 fully saturated rings. The van der Waals surface area contributed by atoms with Crippen LogP contribution in [0.5, 0.6) is 11.5 Å². The number of amidine groups is 1. The summed E-state index contributed by atoms with van der Waals surface area (Å²) in [5.41, 5.74) is 1.34. The van der Waals surface area contributed by atoms with Gasteiger partial charge in [-0.25, -0.2) is 0 Å². The van der Waals surface area contributed by atoms with Gasteiger partial charge in [0.2, 0.25) is 0 Å². The van der Waals surface area contributed by atoms with E-state index in [0.717, 1.165) is 11.8 Å². The minimum atomic E-state index is -0.330. The first-order valence-corrected chi connectivity index (χ1v) is 11.2. The number of ether oxygens (including phenoxy) is 2. The van der Waals surface area contributed by atoms with Gasteiger partial charge in [-0.05, 0) is 80.4 Å². The van der Waals surface area contributed by atoms with Crippen LogP contribution >= 0.6 is 43.6 Å². The second-order valence-corrected chi connectivity index (χ2v) is 8.59. The van der Waals surface area contributed by atoms with Gasteiger partial charge in [-0.3, -0.25) is 15.0 Å². The number of rotatable bonds is 7. The average Bonchev–Trinajstić information content (AvgIpc) is 3.03. The molecule has 1 saturated heterocycles. The predicted molar refractivity (Wildman–Crippen MR) is 125 cm³/mol. The molecule has 1 aliphatic rings. The quantitative estimate of drug-likeness (QED) is 0.428. The van der Waals surface area contributed by atoms with E-state index in [4.69, 9.17) is 14.9 Å². The number of thioether (sulfide) groups is 1. The van der Waals surface area contributed by atoms with E-state index < -0.39 is 0 Å². The Morgan fingerprint density at radius 3 is 2.60 bits per heavy atom. The number of hydrogen-bond donors (Lipinski definition) is 3. The molecule has 0 saturated carbocycles. The topological polar surface area (TPSA) is 101 Å². The summed E-state index contributed by atoms with van der Waals surface area (Å²) in [6.07, 6.45) is 1.66. The number of carbonyl (C=O) groups excluding carboxylic acids is 2. The molecule has 10 heteroatoms. The monoisotopic (exact) mass is 553 g/mol. The summed E-state index contributed by atoms with van der Waals surface area (Å²) in [6.45, 7) is 2.01. The molecule has 0 unspecified atom stereocenters. The second kappa shape index (κ2) is 10.1. The zero-order valence-electron chi connectivity index (χ0n) is 15.8. The Bertz CT molecular complexity index is 1030. The van der Waals surface area contributed by atoms with Gasteiger partial charge in [-0.2, -0.15) is 0 Å². The molecule has 3 N–H and O–H groups in total. The second-order valence-electron chi connectivity index (χ2n) is 5.95. The fourth-order valence-corrected chi connectivity index (χ4v) is 4.19. The lowest BCUT2D eigenvalue weighted by Gasteiger charge is -2.16. The number of anilines is 1. The lowest BCUT2D eigenvalue weighted by Crippen LogP contribution is -2.20. The predicted octanol–water partition coefficient (Wildman–Crippen LogP) is 4.77. The number of para-hydroxylation sites is 1. The molecule has 0 aromatic heterocycles. The van der Waals surface area contributed by atoms with E-state index in [2.05, 4.69) is 42.5 Å². The summed E-state index contributed by atoms with van der Waals surface area (Å²) >= 11 is 8.02. The van der Waals surface area contributed by atoms with Gasteiger partial charge in [0.05, 0.1) is 16.0 Å². The van der Waals surface area contributed by atoms with Gasteiger partial charge in [-0.1, -0.05) is 18.2 Å². The number of halogens is 2. The van der Waals surface area contributed by atoms with Crippen molar-refractivity contribution in [2.75, 3.05) is 18.5 Å². The Hall–Kier alpha value is -2.30. The zero-order valence-corrected chi connectivity index (χ0v) is 19.7. The summed E-state index contributed by atoms with van der Waals surface area (Å²) in [5, 5.41) is 12.8. The molecular weight excluding hydrogens is 538 g/mol. The molecule has 0 radical (unpaired) electrons. The van der Waals surface area contributed by atoms with Crippen LogP contribution in [0.3, 0.4) is 0 Å². The van der Waals surface area contributed by atoms with Crippen LogP contribution in [0.15, 0.2) is 50.2 Å². The van der Waals surface area contributed by atoms with E-state index in [1.54, 1.807) is 24.3 Å². The van der Waals surface area contributed by atoms with E-state index in [1.165, 1.54) is 0 Å². The van der Waals surface area contributed by atoms with Crippen molar-refractivity contribution < 1.29 is 19.1 Å². The Morgan fingerprint density at radius 1 is 1.23 bits per heavy atom. The summed E-state index contributed by atoms with van der Waals surface area (Å²) in [5.74, 6) is 0.148. The minimum absolute atomic E-state index is 0.0795. The Balaban J connectivity index is 1.83. The van der Waals surface area contributed by atoms with Gasteiger partial charge < -0.3 is 20.1 Å². The third-order valence-electron chi connectivity index (χ3n) is 3.81. The van der Waals surface area contributed by atoms with E-state index in [0.29, 0.717) is 43.2 Å². The van der Waals surface area contributed by atoms with Crippen LogP contribution in [0.2, 0.25) is 0 Å². The van der Waals surface area contributed by atoms with E-state index in [-0.39, 0.29) is 23.6 Å². The summed E-state index contributed by atoms with van der Waals surface area (Å²) in [4.78, 5) is 24.6. The van der Waals surface area contributed by atoms with Crippen molar-refractivity contribution in [1.29, 1.82) is 5.41 Å². The van der Waals surface area contributed by atoms with Gasteiger partial charge in [-0.15, -0.1) is 0 Å². The average molecular weight is 555 g/mol. The fraction of sp³-hybridized carbons (Fsp3) is 0.150. The number of amides is 2. The van der Waals surface area contributed by atoms with Crippen molar-refractivity contribution in [2.45, 2.75) is 6.92 Å². The van der Waals surface area contributed by atoms with Gasteiger partial charge >= 0.3 is 0 Å². The number of hydrogen-bond acceptors (Lipinski definition) is 6. The minimum Gasteiger partial charge on any atom is -0.490 e. The van der Waals surface area contributed by atoms with Crippen LogP contribution in [-0.2, 0) is 9.59 Å². The van der Waals surface area contributed by atoms with E-state index >= 15 is 0 Å². The number of benzene rings is 2. The molecule has 2 aromatic rings. The highest BCUT2D eigenvalue weighted by Crippen LogP contribution is 2.44. The molecule has 1 heterocycles. The highest BCUT2D eigenvalue weighted by molar-refractivity contribution is 9.13. The molecule has 0 bridgehead atoms.